The summed E-state index contributed by atoms with van der Waals surface area (Å²) in [5.74, 6) is 5.79. The van der Waals surface area contributed by atoms with Crippen LogP contribution in [0.4, 0.5) is 0 Å². The summed E-state index contributed by atoms with van der Waals surface area (Å²) in [6.07, 6.45) is 4.39. The molecule has 0 amide bonds. The van der Waals surface area contributed by atoms with Crippen molar-refractivity contribution in [3.8, 4) is 11.8 Å². The van der Waals surface area contributed by atoms with Crippen LogP contribution in [0.1, 0.15) is 23.6 Å². The number of hydrogen-bond acceptors (Lipinski definition) is 2. The molecule has 30 heavy (non-hydrogen) atoms. The van der Waals surface area contributed by atoms with Crippen molar-refractivity contribution in [2.24, 2.45) is 0 Å². The van der Waals surface area contributed by atoms with E-state index in [0.29, 0.717) is 19.3 Å². The van der Waals surface area contributed by atoms with Crippen molar-refractivity contribution in [3.05, 3.63) is 120 Å². The highest BCUT2D eigenvalue weighted by atomic mass is 16.5. The van der Waals surface area contributed by atoms with Crippen LogP contribution in [-0.2, 0) is 10.3 Å². The fourth-order valence-electron chi connectivity index (χ4n) is 4.20. The molecule has 4 rings (SSSR count). The Labute approximate surface area is 179 Å². The highest BCUT2D eigenvalue weighted by Crippen LogP contribution is 2.48. The van der Waals surface area contributed by atoms with Gasteiger partial charge in [-0.2, -0.15) is 0 Å². The van der Waals surface area contributed by atoms with Gasteiger partial charge in [0, 0.05) is 12.6 Å². The Morgan fingerprint density at radius 2 is 1.37 bits per heavy atom. The van der Waals surface area contributed by atoms with Crippen LogP contribution in [0.15, 0.2) is 103 Å². The molecule has 150 valence electrons. The molecule has 2 nitrogen and oxygen atoms in total. The third-order valence-electron chi connectivity index (χ3n) is 5.58. The van der Waals surface area contributed by atoms with E-state index >= 15 is 0 Å². The SMILES string of the molecule is CC#CCOC/C=C/C1CN1C(c1ccccc1)(c1ccccc1)c1ccccc1. The largest absolute Gasteiger partial charge is 0.365 e. The van der Waals surface area contributed by atoms with E-state index in [1.165, 1.54) is 16.7 Å². The Bertz CT molecular complexity index is 919. The molecule has 1 fully saturated rings. The zero-order valence-corrected chi connectivity index (χ0v) is 17.4. The first-order valence-electron chi connectivity index (χ1n) is 10.4. The summed E-state index contributed by atoms with van der Waals surface area (Å²) in [4.78, 5) is 2.56. The number of nitrogens with zero attached hydrogens (tertiary/aromatic N) is 1. The summed E-state index contributed by atoms with van der Waals surface area (Å²) in [6, 6.07) is 32.9. The molecule has 0 N–H and O–H groups in total. The Morgan fingerprint density at radius 3 is 1.83 bits per heavy atom. The van der Waals surface area contributed by atoms with Gasteiger partial charge in [-0.05, 0) is 23.6 Å². The van der Waals surface area contributed by atoms with Crippen molar-refractivity contribution in [2.45, 2.75) is 18.5 Å². The predicted octanol–water partition coefficient (Wildman–Crippen LogP) is 5.26. The molecule has 0 aliphatic carbocycles. The van der Waals surface area contributed by atoms with Crippen LogP contribution in [0.5, 0.6) is 0 Å². The molecule has 0 saturated carbocycles. The first-order chi connectivity index (χ1) is 14.9. The van der Waals surface area contributed by atoms with Gasteiger partial charge in [-0.15, -0.1) is 5.92 Å². The van der Waals surface area contributed by atoms with Gasteiger partial charge in [0.15, 0.2) is 0 Å². The van der Waals surface area contributed by atoms with Crippen LogP contribution in [0.25, 0.3) is 0 Å². The van der Waals surface area contributed by atoms with E-state index in [4.69, 9.17) is 4.74 Å². The van der Waals surface area contributed by atoms with Crippen LogP contribution in [0.2, 0.25) is 0 Å². The van der Waals surface area contributed by atoms with E-state index in [0.717, 1.165) is 6.54 Å². The lowest BCUT2D eigenvalue weighted by molar-refractivity contribution is 0.199. The van der Waals surface area contributed by atoms with Gasteiger partial charge in [-0.25, -0.2) is 0 Å². The molecule has 1 aliphatic rings. The zero-order chi connectivity index (χ0) is 20.7. The minimum Gasteiger partial charge on any atom is -0.365 e. The predicted molar refractivity (Wildman–Crippen MR) is 123 cm³/mol. The Kier molecular flexibility index (Phi) is 6.44. The number of hydrogen-bond donors (Lipinski definition) is 0. The summed E-state index contributed by atoms with van der Waals surface area (Å²) in [7, 11) is 0. The summed E-state index contributed by atoms with van der Waals surface area (Å²) in [5, 5.41) is 0. The standard InChI is InChI=1S/C28H27NO/c1-2-3-21-30-22-13-20-27-23-29(27)28(24-14-7-4-8-15-24,25-16-9-5-10-17-25)26-18-11-6-12-19-26/h4-20,27H,21-23H2,1H3/b20-13+. The van der Waals surface area contributed by atoms with Gasteiger partial charge in [0.05, 0.1) is 12.1 Å². The maximum Gasteiger partial charge on any atom is 0.108 e. The highest BCUT2D eigenvalue weighted by molar-refractivity contribution is 5.51. The summed E-state index contributed by atoms with van der Waals surface area (Å²) >= 11 is 0. The van der Waals surface area contributed by atoms with Crippen molar-refractivity contribution < 1.29 is 4.74 Å². The van der Waals surface area contributed by atoms with Crippen molar-refractivity contribution >= 4 is 0 Å². The summed E-state index contributed by atoms with van der Waals surface area (Å²) in [5.41, 5.74) is 3.53. The van der Waals surface area contributed by atoms with Crippen molar-refractivity contribution in [3.63, 3.8) is 0 Å². The quantitative estimate of drug-likeness (QED) is 0.170. The van der Waals surface area contributed by atoms with Gasteiger partial charge in [0.2, 0.25) is 0 Å². The van der Waals surface area contributed by atoms with Crippen LogP contribution in [0.3, 0.4) is 0 Å². The molecule has 1 aliphatic heterocycles. The van der Waals surface area contributed by atoms with E-state index in [-0.39, 0.29) is 5.54 Å². The molecule has 3 aromatic rings. The maximum absolute atomic E-state index is 5.55. The minimum absolute atomic E-state index is 0.326. The van der Waals surface area contributed by atoms with Crippen LogP contribution in [0, 0.1) is 11.8 Å². The average molecular weight is 394 g/mol. The maximum atomic E-state index is 5.55. The summed E-state index contributed by atoms with van der Waals surface area (Å²) < 4.78 is 5.55. The van der Waals surface area contributed by atoms with E-state index in [9.17, 15) is 0 Å². The van der Waals surface area contributed by atoms with E-state index in [1.54, 1.807) is 0 Å². The average Bonchev–Trinajstić information content (AvgIpc) is 3.59. The molecule has 2 atom stereocenters. The monoisotopic (exact) mass is 393 g/mol. The third-order valence-corrected chi connectivity index (χ3v) is 5.58. The van der Waals surface area contributed by atoms with Crippen LogP contribution in [-0.4, -0.2) is 30.7 Å². The molecule has 0 radical (unpaired) electrons. The van der Waals surface area contributed by atoms with Gasteiger partial charge in [-0.3, -0.25) is 4.90 Å². The smallest absolute Gasteiger partial charge is 0.108 e. The molecule has 1 saturated heterocycles. The Morgan fingerprint density at radius 1 is 0.867 bits per heavy atom. The molecule has 2 heteroatoms. The van der Waals surface area contributed by atoms with Crippen molar-refractivity contribution in [2.75, 3.05) is 19.8 Å². The normalized spacial score (nSPS) is 18.0. The third kappa shape index (κ3) is 4.09. The molecule has 0 aromatic heterocycles. The van der Waals surface area contributed by atoms with Gasteiger partial charge in [-0.1, -0.05) is 109 Å². The zero-order valence-electron chi connectivity index (χ0n) is 17.4. The van der Waals surface area contributed by atoms with Gasteiger partial charge >= 0.3 is 0 Å². The molecule has 2 unspecified atom stereocenters. The fourth-order valence-corrected chi connectivity index (χ4v) is 4.20. The Hall–Kier alpha value is -3.12. The second-order valence-electron chi connectivity index (χ2n) is 7.40. The van der Waals surface area contributed by atoms with Gasteiger partial charge < -0.3 is 4.74 Å². The topological polar surface area (TPSA) is 12.2 Å². The number of ether oxygens (including phenoxy) is 1. The molecular weight excluding hydrogens is 366 g/mol. The molecular formula is C28H27NO. The summed E-state index contributed by atoms with van der Waals surface area (Å²) in [6.45, 7) is 3.91. The number of rotatable bonds is 8. The van der Waals surface area contributed by atoms with Gasteiger partial charge in [0.1, 0.15) is 6.61 Å². The lowest BCUT2D eigenvalue weighted by atomic mass is 9.76. The number of benzene rings is 3. The minimum atomic E-state index is -0.326. The second kappa shape index (κ2) is 9.59. The molecule has 3 aromatic carbocycles. The Balaban J connectivity index is 1.72. The van der Waals surface area contributed by atoms with E-state index in [2.05, 4.69) is 120 Å². The fraction of sp³-hybridized carbons (Fsp3) is 0.214. The molecule has 0 bridgehead atoms. The van der Waals surface area contributed by atoms with Crippen molar-refractivity contribution in [1.29, 1.82) is 0 Å². The van der Waals surface area contributed by atoms with Crippen LogP contribution >= 0.6 is 0 Å². The lowest BCUT2D eigenvalue weighted by Gasteiger charge is -2.38. The lowest BCUT2D eigenvalue weighted by Crippen LogP contribution is -2.38. The first kappa shape index (κ1) is 20.2. The first-order valence-corrected chi connectivity index (χ1v) is 10.4. The van der Waals surface area contributed by atoms with E-state index < -0.39 is 0 Å². The van der Waals surface area contributed by atoms with Crippen LogP contribution < -0.4 is 0 Å². The highest BCUT2D eigenvalue weighted by Gasteiger charge is 2.51. The second-order valence-corrected chi connectivity index (χ2v) is 7.40. The van der Waals surface area contributed by atoms with E-state index in [1.807, 2.05) is 6.92 Å². The molecule has 0 spiro atoms. The molecule has 1 heterocycles. The van der Waals surface area contributed by atoms with Crippen molar-refractivity contribution in [1.82, 2.24) is 4.90 Å². The van der Waals surface area contributed by atoms with Gasteiger partial charge in [0.25, 0.3) is 0 Å².